The fraction of sp³-hybridized carbons (Fsp3) is 0.688. The van der Waals surface area contributed by atoms with Gasteiger partial charge in [0.25, 0.3) is 0 Å². The predicted octanol–water partition coefficient (Wildman–Crippen LogP) is 0.518. The molecule has 25 heavy (non-hydrogen) atoms. The molecule has 3 heterocycles. The maximum Gasteiger partial charge on any atom is 0.232 e. The second-order valence-electron chi connectivity index (χ2n) is 6.65. The first kappa shape index (κ1) is 18.1. The number of likely N-dealkylation sites (tertiary alicyclic amines) is 1. The van der Waals surface area contributed by atoms with Crippen LogP contribution in [0.25, 0.3) is 0 Å². The molecular weight excluding hydrogens is 344 g/mol. The van der Waals surface area contributed by atoms with Crippen molar-refractivity contribution in [3.63, 3.8) is 0 Å². The van der Waals surface area contributed by atoms with Crippen LogP contribution in [0.3, 0.4) is 0 Å². The zero-order valence-corrected chi connectivity index (χ0v) is 15.2. The van der Waals surface area contributed by atoms with Gasteiger partial charge in [0, 0.05) is 37.9 Å². The average molecular weight is 368 g/mol. The van der Waals surface area contributed by atoms with Crippen LogP contribution >= 0.6 is 0 Å². The molecule has 1 aromatic heterocycles. The van der Waals surface area contributed by atoms with Crippen molar-refractivity contribution in [2.75, 3.05) is 32.4 Å². The van der Waals surface area contributed by atoms with Gasteiger partial charge in [-0.1, -0.05) is 0 Å². The van der Waals surface area contributed by atoms with Crippen LogP contribution in [0, 0.1) is 5.92 Å². The van der Waals surface area contributed by atoms with Crippen molar-refractivity contribution < 1.29 is 17.9 Å². The minimum absolute atomic E-state index is 0.0782. The number of hydrogen-bond acceptors (Lipinski definition) is 6. The number of amides is 1. The summed E-state index contributed by atoms with van der Waals surface area (Å²) >= 11 is 0. The van der Waals surface area contributed by atoms with E-state index in [0.717, 1.165) is 19.4 Å². The van der Waals surface area contributed by atoms with Crippen LogP contribution < -0.4 is 4.74 Å². The number of ether oxygens (including phenoxy) is 1. The maximum absolute atomic E-state index is 12.8. The Morgan fingerprint density at radius 1 is 1.20 bits per heavy atom. The van der Waals surface area contributed by atoms with Crippen LogP contribution in [-0.2, 0) is 14.8 Å². The smallest absolute Gasteiger partial charge is 0.232 e. The van der Waals surface area contributed by atoms with Crippen LogP contribution in [0.2, 0.25) is 0 Å². The highest BCUT2D eigenvalue weighted by atomic mass is 32.2. The van der Waals surface area contributed by atoms with E-state index in [1.165, 1.54) is 10.6 Å². The summed E-state index contributed by atoms with van der Waals surface area (Å²) in [5, 5.41) is 0. The SMILES string of the molecule is CS(=O)(=O)N1CCC(C(=O)N2CCCC(Oc3cnccn3)C2)CC1. The molecule has 9 heteroatoms. The van der Waals surface area contributed by atoms with Gasteiger partial charge in [0.1, 0.15) is 6.10 Å². The van der Waals surface area contributed by atoms with Crippen molar-refractivity contribution in [1.29, 1.82) is 0 Å². The number of aromatic nitrogens is 2. The molecule has 2 saturated heterocycles. The van der Waals surface area contributed by atoms with Crippen molar-refractivity contribution in [3.8, 4) is 5.88 Å². The van der Waals surface area contributed by atoms with E-state index in [4.69, 9.17) is 4.74 Å². The largest absolute Gasteiger partial charge is 0.471 e. The van der Waals surface area contributed by atoms with Gasteiger partial charge in [0.05, 0.1) is 19.0 Å². The minimum Gasteiger partial charge on any atom is -0.471 e. The molecule has 1 atom stereocenters. The average Bonchev–Trinajstić information content (AvgIpc) is 2.61. The Morgan fingerprint density at radius 2 is 1.96 bits per heavy atom. The third kappa shape index (κ3) is 4.66. The molecule has 1 aromatic rings. The lowest BCUT2D eigenvalue weighted by molar-refractivity contribution is -0.139. The molecule has 0 aliphatic carbocycles. The fourth-order valence-electron chi connectivity index (χ4n) is 3.44. The van der Waals surface area contributed by atoms with Crippen molar-refractivity contribution >= 4 is 15.9 Å². The highest BCUT2D eigenvalue weighted by Gasteiger charge is 2.33. The summed E-state index contributed by atoms with van der Waals surface area (Å²) in [6.45, 7) is 2.11. The number of hydrogen-bond donors (Lipinski definition) is 0. The molecule has 0 N–H and O–H groups in total. The van der Waals surface area contributed by atoms with Gasteiger partial charge in [-0.2, -0.15) is 0 Å². The summed E-state index contributed by atoms with van der Waals surface area (Å²) in [4.78, 5) is 22.7. The van der Waals surface area contributed by atoms with E-state index in [1.54, 1.807) is 18.6 Å². The number of nitrogens with zero attached hydrogens (tertiary/aromatic N) is 4. The molecule has 3 rings (SSSR count). The van der Waals surface area contributed by atoms with Crippen LogP contribution in [0.4, 0.5) is 0 Å². The molecule has 1 unspecified atom stereocenters. The number of carbonyl (C=O) groups is 1. The van der Waals surface area contributed by atoms with Gasteiger partial charge in [-0.3, -0.25) is 9.78 Å². The van der Waals surface area contributed by atoms with Crippen molar-refractivity contribution in [2.24, 2.45) is 5.92 Å². The standard InChI is InChI=1S/C16H24N4O4S/c1-25(22,23)20-9-4-13(5-10-20)16(21)19-8-2-3-14(12-19)24-15-11-17-6-7-18-15/h6-7,11,13-14H,2-5,8-10,12H2,1H3. The summed E-state index contributed by atoms with van der Waals surface area (Å²) in [5.41, 5.74) is 0. The lowest BCUT2D eigenvalue weighted by Gasteiger charge is -2.37. The Labute approximate surface area is 148 Å². The fourth-order valence-corrected chi connectivity index (χ4v) is 4.32. The Bertz CT molecular complexity index is 689. The monoisotopic (exact) mass is 368 g/mol. The highest BCUT2D eigenvalue weighted by Crippen LogP contribution is 2.24. The molecule has 0 spiro atoms. The number of piperidine rings is 2. The first-order chi connectivity index (χ1) is 11.9. The van der Waals surface area contributed by atoms with E-state index in [9.17, 15) is 13.2 Å². The third-order valence-electron chi connectivity index (χ3n) is 4.79. The van der Waals surface area contributed by atoms with Crippen LogP contribution in [0.1, 0.15) is 25.7 Å². The van der Waals surface area contributed by atoms with Crippen LogP contribution in [-0.4, -0.2) is 72.0 Å². The summed E-state index contributed by atoms with van der Waals surface area (Å²) < 4.78 is 30.4. The van der Waals surface area contributed by atoms with Gasteiger partial charge in [-0.15, -0.1) is 0 Å². The van der Waals surface area contributed by atoms with E-state index in [2.05, 4.69) is 9.97 Å². The zero-order valence-electron chi connectivity index (χ0n) is 14.4. The van der Waals surface area contributed by atoms with Crippen molar-refractivity contribution in [1.82, 2.24) is 19.2 Å². The normalized spacial score (nSPS) is 23.4. The number of sulfonamides is 1. The maximum atomic E-state index is 12.8. The molecule has 8 nitrogen and oxygen atoms in total. The van der Waals surface area contributed by atoms with E-state index < -0.39 is 10.0 Å². The number of rotatable bonds is 4. The highest BCUT2D eigenvalue weighted by molar-refractivity contribution is 7.88. The Balaban J connectivity index is 1.54. The minimum atomic E-state index is -3.17. The van der Waals surface area contributed by atoms with E-state index >= 15 is 0 Å². The molecular formula is C16H24N4O4S. The van der Waals surface area contributed by atoms with Crippen LogP contribution in [0.15, 0.2) is 18.6 Å². The van der Waals surface area contributed by atoms with E-state index in [0.29, 0.717) is 38.4 Å². The van der Waals surface area contributed by atoms with Crippen molar-refractivity contribution in [3.05, 3.63) is 18.6 Å². The first-order valence-electron chi connectivity index (χ1n) is 8.60. The van der Waals surface area contributed by atoms with Gasteiger partial charge in [-0.25, -0.2) is 17.7 Å². The molecule has 2 aliphatic rings. The third-order valence-corrected chi connectivity index (χ3v) is 6.09. The summed E-state index contributed by atoms with van der Waals surface area (Å²) in [6, 6.07) is 0. The van der Waals surface area contributed by atoms with Gasteiger partial charge < -0.3 is 9.64 Å². The lowest BCUT2D eigenvalue weighted by Crippen LogP contribution is -2.49. The molecule has 2 aliphatic heterocycles. The van der Waals surface area contributed by atoms with Crippen molar-refractivity contribution in [2.45, 2.75) is 31.8 Å². The quantitative estimate of drug-likeness (QED) is 0.769. The van der Waals surface area contributed by atoms with E-state index in [-0.39, 0.29) is 17.9 Å². The molecule has 1 amide bonds. The number of carbonyl (C=O) groups excluding carboxylic acids is 1. The molecule has 2 fully saturated rings. The molecule has 0 radical (unpaired) electrons. The van der Waals surface area contributed by atoms with E-state index in [1.807, 2.05) is 4.90 Å². The topological polar surface area (TPSA) is 92.7 Å². The van der Waals surface area contributed by atoms with Gasteiger partial charge in [0.15, 0.2) is 0 Å². The Morgan fingerprint density at radius 3 is 2.60 bits per heavy atom. The summed E-state index contributed by atoms with van der Waals surface area (Å²) in [6.07, 6.45) is 8.81. The van der Waals surface area contributed by atoms with Gasteiger partial charge in [0.2, 0.25) is 21.8 Å². The van der Waals surface area contributed by atoms with Gasteiger partial charge >= 0.3 is 0 Å². The first-order valence-corrected chi connectivity index (χ1v) is 10.4. The molecule has 0 aromatic carbocycles. The molecule has 138 valence electrons. The second-order valence-corrected chi connectivity index (χ2v) is 8.63. The lowest BCUT2D eigenvalue weighted by atomic mass is 9.95. The summed E-state index contributed by atoms with van der Waals surface area (Å²) in [5.74, 6) is 0.483. The van der Waals surface area contributed by atoms with Crippen LogP contribution in [0.5, 0.6) is 5.88 Å². The predicted molar refractivity (Wildman–Crippen MR) is 91.4 cm³/mol. The molecule has 0 saturated carbocycles. The molecule has 0 bridgehead atoms. The van der Waals surface area contributed by atoms with Gasteiger partial charge in [-0.05, 0) is 25.7 Å². The Hall–Kier alpha value is -1.74. The Kier molecular flexibility index (Phi) is 5.53. The zero-order chi connectivity index (χ0) is 17.9. The second kappa shape index (κ2) is 7.65. The summed E-state index contributed by atoms with van der Waals surface area (Å²) in [7, 11) is -3.17.